The summed E-state index contributed by atoms with van der Waals surface area (Å²) in [6.45, 7) is 0.0148. The molecular formula is C19H17ClF3N5O2S2. The number of anilines is 3. The van der Waals surface area contributed by atoms with Crippen molar-refractivity contribution in [2.24, 2.45) is 5.14 Å². The molecule has 0 saturated carbocycles. The predicted molar refractivity (Wildman–Crippen MR) is 119 cm³/mol. The van der Waals surface area contributed by atoms with Crippen LogP contribution in [0, 0.1) is 0 Å². The molecule has 0 saturated heterocycles. The molecule has 0 radical (unpaired) electrons. The highest BCUT2D eigenvalue weighted by molar-refractivity contribution is 7.99. The minimum Gasteiger partial charge on any atom is -0.366 e. The molecule has 32 heavy (non-hydrogen) atoms. The van der Waals surface area contributed by atoms with E-state index in [2.05, 4.69) is 20.6 Å². The van der Waals surface area contributed by atoms with E-state index in [4.69, 9.17) is 16.7 Å². The average molecular weight is 504 g/mol. The van der Waals surface area contributed by atoms with E-state index in [1.165, 1.54) is 24.5 Å². The Morgan fingerprint density at radius 3 is 2.38 bits per heavy atom. The van der Waals surface area contributed by atoms with Crippen LogP contribution in [-0.4, -0.2) is 30.3 Å². The molecule has 1 aromatic heterocycles. The van der Waals surface area contributed by atoms with Gasteiger partial charge in [-0.3, -0.25) is 0 Å². The Balaban J connectivity index is 1.77. The molecule has 3 rings (SSSR count). The molecule has 0 atom stereocenters. The molecule has 3 aromatic rings. The number of primary sulfonamides is 1. The van der Waals surface area contributed by atoms with Gasteiger partial charge in [0.15, 0.2) is 0 Å². The van der Waals surface area contributed by atoms with Crippen LogP contribution >= 0.6 is 23.4 Å². The van der Waals surface area contributed by atoms with Gasteiger partial charge in [0.05, 0.1) is 10.6 Å². The third kappa shape index (κ3) is 7.26. The topological polar surface area (TPSA) is 110 Å². The van der Waals surface area contributed by atoms with Crippen LogP contribution in [0.2, 0.25) is 5.02 Å². The number of rotatable bonds is 8. The van der Waals surface area contributed by atoms with Crippen molar-refractivity contribution in [2.75, 3.05) is 16.4 Å². The number of nitrogens with one attached hydrogen (secondary N) is 2. The molecule has 13 heteroatoms. The summed E-state index contributed by atoms with van der Waals surface area (Å²) in [5, 5.41) is 11.8. The van der Waals surface area contributed by atoms with E-state index in [9.17, 15) is 21.6 Å². The highest BCUT2D eigenvalue weighted by Gasteiger charge is 2.28. The summed E-state index contributed by atoms with van der Waals surface area (Å²) in [7, 11) is -4.02. The number of halogens is 4. The number of aromatic nitrogens is 2. The van der Waals surface area contributed by atoms with Gasteiger partial charge >= 0.3 is 6.18 Å². The van der Waals surface area contributed by atoms with Crippen molar-refractivity contribution < 1.29 is 21.6 Å². The highest BCUT2D eigenvalue weighted by atomic mass is 35.5. The van der Waals surface area contributed by atoms with E-state index in [0.717, 1.165) is 5.69 Å². The van der Waals surface area contributed by atoms with Crippen molar-refractivity contribution in [1.29, 1.82) is 0 Å². The van der Waals surface area contributed by atoms with Crippen LogP contribution < -0.4 is 15.8 Å². The predicted octanol–water partition coefficient (Wildman–Crippen LogP) is 4.79. The molecule has 0 aliphatic heterocycles. The molecule has 7 nitrogen and oxygen atoms in total. The smallest absolute Gasteiger partial charge is 0.366 e. The molecule has 2 aromatic carbocycles. The molecule has 0 aliphatic rings. The Bertz CT molecular complexity index is 1190. The lowest BCUT2D eigenvalue weighted by molar-refractivity contribution is -0.105. The van der Waals surface area contributed by atoms with Crippen molar-refractivity contribution in [3.05, 3.63) is 65.4 Å². The monoisotopic (exact) mass is 503 g/mol. The van der Waals surface area contributed by atoms with E-state index < -0.39 is 22.0 Å². The van der Waals surface area contributed by atoms with Crippen molar-refractivity contribution >= 4 is 50.7 Å². The van der Waals surface area contributed by atoms with Crippen molar-refractivity contribution in [2.45, 2.75) is 22.5 Å². The van der Waals surface area contributed by atoms with Crippen LogP contribution in [0.25, 0.3) is 0 Å². The number of hydrogen-bond acceptors (Lipinski definition) is 7. The third-order valence-corrected chi connectivity index (χ3v) is 6.34. The summed E-state index contributed by atoms with van der Waals surface area (Å²) in [6.07, 6.45) is -3.07. The SMILES string of the molecule is NS(=O)(=O)c1ccc(SCC(F)(F)F)c(CNc2cc(Nc3ccc(Cl)cc3)ncn2)c1. The zero-order chi connectivity index (χ0) is 23.4. The number of sulfonamides is 1. The molecule has 0 fully saturated rings. The lowest BCUT2D eigenvalue weighted by Crippen LogP contribution is -2.14. The van der Waals surface area contributed by atoms with E-state index in [1.807, 2.05) is 0 Å². The van der Waals surface area contributed by atoms with Gasteiger partial charge in [-0.05, 0) is 48.0 Å². The molecule has 1 heterocycles. The molecular weight excluding hydrogens is 487 g/mol. The fourth-order valence-corrected chi connectivity index (χ4v) is 4.05. The summed E-state index contributed by atoms with van der Waals surface area (Å²) in [4.78, 5) is 8.27. The van der Waals surface area contributed by atoms with Gasteiger partial charge in [-0.2, -0.15) is 13.2 Å². The Labute approximate surface area is 191 Å². The van der Waals surface area contributed by atoms with Crippen LogP contribution in [0.15, 0.2) is 64.6 Å². The lowest BCUT2D eigenvalue weighted by Gasteiger charge is -2.14. The maximum atomic E-state index is 12.7. The second-order valence-corrected chi connectivity index (χ2v) is 9.51. The molecule has 0 amide bonds. The fraction of sp³-hybridized carbons (Fsp3) is 0.158. The van der Waals surface area contributed by atoms with Gasteiger partial charge in [-0.1, -0.05) is 11.6 Å². The summed E-state index contributed by atoms with van der Waals surface area (Å²) < 4.78 is 61.3. The Morgan fingerprint density at radius 2 is 1.72 bits per heavy atom. The van der Waals surface area contributed by atoms with Crippen molar-refractivity contribution in [3.63, 3.8) is 0 Å². The quantitative estimate of drug-likeness (QED) is 0.379. The maximum Gasteiger partial charge on any atom is 0.398 e. The Kier molecular flexibility index (Phi) is 7.49. The van der Waals surface area contributed by atoms with Crippen LogP contribution in [-0.2, 0) is 16.6 Å². The first-order valence-electron chi connectivity index (χ1n) is 8.93. The zero-order valence-electron chi connectivity index (χ0n) is 16.2. The summed E-state index contributed by atoms with van der Waals surface area (Å²) in [5.41, 5.74) is 1.07. The second kappa shape index (κ2) is 9.94. The average Bonchev–Trinajstić information content (AvgIpc) is 2.72. The first kappa shape index (κ1) is 24.1. The molecule has 170 valence electrons. The van der Waals surface area contributed by atoms with Crippen LogP contribution in [0.1, 0.15) is 5.56 Å². The van der Waals surface area contributed by atoms with Gasteiger partial charge in [-0.15, -0.1) is 11.8 Å². The first-order chi connectivity index (χ1) is 15.0. The number of thioether (sulfide) groups is 1. The van der Waals surface area contributed by atoms with Gasteiger partial charge in [-0.25, -0.2) is 23.5 Å². The van der Waals surface area contributed by atoms with Gasteiger partial charge < -0.3 is 10.6 Å². The number of alkyl halides is 3. The van der Waals surface area contributed by atoms with Crippen molar-refractivity contribution in [1.82, 2.24) is 9.97 Å². The van der Waals surface area contributed by atoms with Crippen LogP contribution in [0.3, 0.4) is 0 Å². The molecule has 0 unspecified atom stereocenters. The normalized spacial score (nSPS) is 11.9. The van der Waals surface area contributed by atoms with E-state index in [1.54, 1.807) is 30.3 Å². The van der Waals surface area contributed by atoms with Gasteiger partial charge in [0.2, 0.25) is 10.0 Å². The summed E-state index contributed by atoms with van der Waals surface area (Å²) in [5.74, 6) is -0.267. The van der Waals surface area contributed by atoms with Gasteiger partial charge in [0.1, 0.15) is 18.0 Å². The minimum atomic E-state index is -4.37. The zero-order valence-corrected chi connectivity index (χ0v) is 18.6. The largest absolute Gasteiger partial charge is 0.398 e. The Hall–Kier alpha value is -2.54. The number of benzene rings is 2. The van der Waals surface area contributed by atoms with Gasteiger partial charge in [0, 0.05) is 28.2 Å². The van der Waals surface area contributed by atoms with Crippen LogP contribution in [0.4, 0.5) is 30.5 Å². The summed E-state index contributed by atoms with van der Waals surface area (Å²) in [6, 6.07) is 12.3. The molecule has 4 N–H and O–H groups in total. The molecule has 0 spiro atoms. The van der Waals surface area contributed by atoms with Gasteiger partial charge in [0.25, 0.3) is 0 Å². The number of hydrogen-bond donors (Lipinski definition) is 3. The number of nitrogens with two attached hydrogens (primary N) is 1. The molecule has 0 aliphatic carbocycles. The molecule has 0 bridgehead atoms. The maximum absolute atomic E-state index is 12.7. The van der Waals surface area contributed by atoms with E-state index in [-0.39, 0.29) is 16.3 Å². The Morgan fingerprint density at radius 1 is 1.03 bits per heavy atom. The summed E-state index contributed by atoms with van der Waals surface area (Å²) >= 11 is 6.42. The van der Waals surface area contributed by atoms with Crippen molar-refractivity contribution in [3.8, 4) is 0 Å². The fourth-order valence-electron chi connectivity index (χ4n) is 2.56. The third-order valence-electron chi connectivity index (χ3n) is 4.00. The van der Waals surface area contributed by atoms with E-state index >= 15 is 0 Å². The minimum absolute atomic E-state index is 0.0148. The standard InChI is InChI=1S/C19H17ClF3N5O2S2/c20-13-1-3-14(4-2-13)28-18-8-17(26-11-27-18)25-9-12-7-15(32(24,29)30)5-6-16(12)31-10-19(21,22)23/h1-8,11H,9-10H2,(H2,24,29,30)(H2,25,26,27,28). The lowest BCUT2D eigenvalue weighted by atomic mass is 10.2. The van der Waals surface area contributed by atoms with E-state index in [0.29, 0.717) is 34.0 Å². The number of nitrogens with zero attached hydrogens (tertiary/aromatic N) is 2. The highest BCUT2D eigenvalue weighted by Crippen LogP contribution is 2.31. The second-order valence-electron chi connectivity index (χ2n) is 6.49. The van der Waals surface area contributed by atoms with Crippen LogP contribution in [0.5, 0.6) is 0 Å². The first-order valence-corrected chi connectivity index (χ1v) is 11.8.